The van der Waals surface area contributed by atoms with Crippen molar-refractivity contribution in [3.05, 3.63) is 99.6 Å². The predicted octanol–water partition coefficient (Wildman–Crippen LogP) is 7.14. The third-order valence-corrected chi connectivity index (χ3v) is 7.69. The SMILES string of the molecule is COc1c(CCCc2ccc(O)cc2O)ccc(C)c1C.COc1ccc(CCC(=O)c2ccc(O)cc2O)c(OC)c1C. The molecule has 4 N–H and O–H groups in total. The van der Waals surface area contributed by atoms with Crippen molar-refractivity contribution in [2.75, 3.05) is 21.3 Å². The Hall–Kier alpha value is -4.85. The zero-order valence-corrected chi connectivity index (χ0v) is 26.2. The summed E-state index contributed by atoms with van der Waals surface area (Å²) in [5.74, 6) is 2.15. The predicted molar refractivity (Wildman–Crippen MR) is 171 cm³/mol. The number of ether oxygens (including phenoxy) is 3. The van der Waals surface area contributed by atoms with Gasteiger partial charge in [-0.15, -0.1) is 0 Å². The van der Waals surface area contributed by atoms with Gasteiger partial charge < -0.3 is 34.6 Å². The van der Waals surface area contributed by atoms with E-state index in [1.807, 2.05) is 19.1 Å². The first-order valence-corrected chi connectivity index (χ1v) is 14.4. The fraction of sp³-hybridized carbons (Fsp3) is 0.306. The van der Waals surface area contributed by atoms with Gasteiger partial charge in [0, 0.05) is 24.1 Å². The van der Waals surface area contributed by atoms with Gasteiger partial charge in [-0.3, -0.25) is 4.79 Å². The van der Waals surface area contributed by atoms with Gasteiger partial charge in [0.1, 0.15) is 40.2 Å². The largest absolute Gasteiger partial charge is 0.508 e. The van der Waals surface area contributed by atoms with E-state index >= 15 is 0 Å². The van der Waals surface area contributed by atoms with E-state index in [1.54, 1.807) is 33.5 Å². The van der Waals surface area contributed by atoms with E-state index in [0.29, 0.717) is 12.2 Å². The molecular formula is C36H42O8. The van der Waals surface area contributed by atoms with Crippen LogP contribution < -0.4 is 14.2 Å². The fourth-order valence-electron chi connectivity index (χ4n) is 5.13. The quantitative estimate of drug-likeness (QED) is 0.134. The Balaban J connectivity index is 0.000000241. The van der Waals surface area contributed by atoms with Crippen molar-refractivity contribution in [3.63, 3.8) is 0 Å². The lowest BCUT2D eigenvalue weighted by atomic mass is 9.98. The summed E-state index contributed by atoms with van der Waals surface area (Å²) in [6.07, 6.45) is 3.28. The number of Topliss-reactive ketones (excluding diaryl/α,β-unsaturated/α-hetero) is 1. The lowest BCUT2D eigenvalue weighted by Gasteiger charge is -2.14. The minimum absolute atomic E-state index is 0.0773. The molecule has 0 aromatic heterocycles. The van der Waals surface area contributed by atoms with Gasteiger partial charge in [-0.05, 0) is 98.5 Å². The van der Waals surface area contributed by atoms with E-state index in [0.717, 1.165) is 53.5 Å². The second-order valence-electron chi connectivity index (χ2n) is 10.6. The molecule has 0 saturated carbocycles. The van der Waals surface area contributed by atoms with E-state index in [-0.39, 0.29) is 40.8 Å². The molecule has 0 spiro atoms. The maximum absolute atomic E-state index is 12.3. The van der Waals surface area contributed by atoms with Crippen LogP contribution in [0.2, 0.25) is 0 Å². The van der Waals surface area contributed by atoms with Gasteiger partial charge >= 0.3 is 0 Å². The van der Waals surface area contributed by atoms with Crippen LogP contribution in [0.25, 0.3) is 0 Å². The lowest BCUT2D eigenvalue weighted by Crippen LogP contribution is -2.04. The lowest BCUT2D eigenvalue weighted by molar-refractivity contribution is 0.0980. The zero-order chi connectivity index (χ0) is 32.4. The van der Waals surface area contributed by atoms with Crippen molar-refractivity contribution in [1.29, 1.82) is 0 Å². The number of rotatable bonds is 11. The number of hydrogen-bond acceptors (Lipinski definition) is 8. The number of carbonyl (C=O) groups is 1. The number of ketones is 1. The number of phenols is 4. The van der Waals surface area contributed by atoms with Crippen molar-refractivity contribution in [1.82, 2.24) is 0 Å². The van der Waals surface area contributed by atoms with Crippen molar-refractivity contribution < 1.29 is 39.4 Å². The van der Waals surface area contributed by atoms with Gasteiger partial charge in [-0.2, -0.15) is 0 Å². The highest BCUT2D eigenvalue weighted by Crippen LogP contribution is 2.33. The third-order valence-electron chi connectivity index (χ3n) is 7.69. The Morgan fingerprint density at radius 1 is 0.614 bits per heavy atom. The number of phenolic OH excluding ortho intramolecular Hbond substituents is 4. The number of aryl methyl sites for hydroxylation is 4. The Bertz CT molecular complexity index is 1590. The molecule has 0 aliphatic carbocycles. The van der Waals surface area contributed by atoms with Crippen molar-refractivity contribution in [2.45, 2.75) is 52.9 Å². The highest BCUT2D eigenvalue weighted by molar-refractivity contribution is 5.98. The fourth-order valence-corrected chi connectivity index (χ4v) is 5.13. The summed E-state index contributed by atoms with van der Waals surface area (Å²) >= 11 is 0. The number of aromatic hydroxyl groups is 4. The first-order valence-electron chi connectivity index (χ1n) is 14.4. The van der Waals surface area contributed by atoms with E-state index in [2.05, 4.69) is 26.0 Å². The Morgan fingerprint density at radius 2 is 1.16 bits per heavy atom. The number of hydrogen-bond donors (Lipinski definition) is 4. The van der Waals surface area contributed by atoms with Crippen LogP contribution in [0, 0.1) is 20.8 Å². The van der Waals surface area contributed by atoms with Gasteiger partial charge in [0.15, 0.2) is 5.78 Å². The van der Waals surface area contributed by atoms with Gasteiger partial charge in [0.25, 0.3) is 0 Å². The molecule has 0 saturated heterocycles. The van der Waals surface area contributed by atoms with Crippen LogP contribution in [-0.2, 0) is 19.3 Å². The van der Waals surface area contributed by atoms with Crippen LogP contribution in [-0.4, -0.2) is 47.5 Å². The molecule has 8 heteroatoms. The number of methoxy groups -OCH3 is 3. The summed E-state index contributed by atoms with van der Waals surface area (Å²) in [7, 11) is 4.88. The molecule has 4 aromatic carbocycles. The molecule has 0 fully saturated rings. The van der Waals surface area contributed by atoms with Gasteiger partial charge in [0.2, 0.25) is 0 Å². The van der Waals surface area contributed by atoms with Crippen LogP contribution in [0.1, 0.15) is 56.6 Å². The summed E-state index contributed by atoms with van der Waals surface area (Å²) in [5.41, 5.74) is 6.44. The Labute approximate surface area is 259 Å². The van der Waals surface area contributed by atoms with Crippen LogP contribution in [0.3, 0.4) is 0 Å². The summed E-state index contributed by atoms with van der Waals surface area (Å²) in [4.78, 5) is 12.3. The second kappa shape index (κ2) is 15.6. The molecule has 0 aliphatic rings. The molecular weight excluding hydrogens is 560 g/mol. The normalized spacial score (nSPS) is 10.5. The number of benzene rings is 4. The topological polar surface area (TPSA) is 126 Å². The molecule has 4 rings (SSSR count). The van der Waals surface area contributed by atoms with Gasteiger partial charge in [-0.1, -0.05) is 24.3 Å². The van der Waals surface area contributed by atoms with Gasteiger partial charge in [0.05, 0.1) is 26.9 Å². The molecule has 0 atom stereocenters. The van der Waals surface area contributed by atoms with Crippen LogP contribution in [0.15, 0.2) is 60.7 Å². The summed E-state index contributed by atoms with van der Waals surface area (Å²) in [6, 6.07) is 16.6. The molecule has 234 valence electrons. The van der Waals surface area contributed by atoms with Crippen molar-refractivity contribution >= 4 is 5.78 Å². The van der Waals surface area contributed by atoms with E-state index in [9.17, 15) is 25.2 Å². The molecule has 0 amide bonds. The monoisotopic (exact) mass is 602 g/mol. The first kappa shape index (κ1) is 33.6. The number of carbonyl (C=O) groups excluding carboxylic acids is 1. The minimum atomic E-state index is -0.215. The molecule has 4 aromatic rings. The third kappa shape index (κ3) is 8.37. The minimum Gasteiger partial charge on any atom is -0.508 e. The van der Waals surface area contributed by atoms with Crippen LogP contribution in [0.5, 0.6) is 40.2 Å². The zero-order valence-electron chi connectivity index (χ0n) is 26.2. The van der Waals surface area contributed by atoms with Crippen molar-refractivity contribution in [2.24, 2.45) is 0 Å². The van der Waals surface area contributed by atoms with E-state index < -0.39 is 0 Å². The maximum atomic E-state index is 12.3. The van der Waals surface area contributed by atoms with E-state index in [1.165, 1.54) is 34.9 Å². The average Bonchev–Trinajstić information content (AvgIpc) is 2.99. The Kier molecular flexibility index (Phi) is 11.9. The molecule has 0 aliphatic heterocycles. The average molecular weight is 603 g/mol. The maximum Gasteiger partial charge on any atom is 0.166 e. The summed E-state index contributed by atoms with van der Waals surface area (Å²) in [6.45, 7) is 6.05. The highest BCUT2D eigenvalue weighted by atomic mass is 16.5. The second-order valence-corrected chi connectivity index (χ2v) is 10.6. The standard InChI is InChI=1S/C18H20O5.C18H22O3/c1-11-17(22-2)9-5-12(18(11)23-3)4-8-15(20)14-7-6-13(19)10-16(14)21;1-12-7-8-15(18(21-3)13(12)2)6-4-5-14-9-10-16(19)11-17(14)20/h5-7,9-10,19,21H,4,8H2,1-3H3;7-11,19-20H,4-6H2,1-3H3. The molecule has 0 radical (unpaired) electrons. The summed E-state index contributed by atoms with van der Waals surface area (Å²) in [5, 5.41) is 38.1. The first-order chi connectivity index (χ1) is 21.0. The molecule has 44 heavy (non-hydrogen) atoms. The summed E-state index contributed by atoms with van der Waals surface area (Å²) < 4.78 is 16.2. The van der Waals surface area contributed by atoms with E-state index in [4.69, 9.17) is 14.2 Å². The Morgan fingerprint density at radius 3 is 1.77 bits per heavy atom. The highest BCUT2D eigenvalue weighted by Gasteiger charge is 2.16. The smallest absolute Gasteiger partial charge is 0.166 e. The van der Waals surface area contributed by atoms with Crippen LogP contribution >= 0.6 is 0 Å². The van der Waals surface area contributed by atoms with Crippen molar-refractivity contribution in [3.8, 4) is 40.2 Å². The molecule has 0 unspecified atom stereocenters. The van der Waals surface area contributed by atoms with Gasteiger partial charge in [-0.25, -0.2) is 0 Å². The molecule has 0 heterocycles. The van der Waals surface area contributed by atoms with Crippen LogP contribution in [0.4, 0.5) is 0 Å². The molecule has 0 bridgehead atoms. The molecule has 8 nitrogen and oxygen atoms in total.